The fraction of sp³-hybridized carbons (Fsp3) is 0.941. The fourth-order valence-corrected chi connectivity index (χ4v) is 7.34. The van der Waals surface area contributed by atoms with Crippen LogP contribution in [0.5, 0.6) is 0 Å². The highest BCUT2D eigenvalue weighted by molar-refractivity contribution is 7.87. The average Bonchev–Trinajstić information content (AvgIpc) is 2.88. The second kappa shape index (κ2) is 24.2. The van der Waals surface area contributed by atoms with Crippen molar-refractivity contribution in [2.45, 2.75) is 187 Å². The van der Waals surface area contributed by atoms with Crippen LogP contribution in [0.1, 0.15) is 182 Å². The standard InChI is InChI=1S/C34H66O7S/c1-29(2)25-21-17-13-9-5-7-11-15-19-23-27-34(33(37)38,31(32(35)36)42(39,40)41)28-24-20-16-12-8-6-10-14-18-22-26-30(3)4/h29-31H,5-28H2,1-4H3,(H,35,36)(H,37,38)(H,39,40,41). The summed E-state index contributed by atoms with van der Waals surface area (Å²) >= 11 is 0. The summed E-state index contributed by atoms with van der Waals surface area (Å²) in [4.78, 5) is 24.4. The first-order valence-electron chi connectivity index (χ1n) is 17.3. The summed E-state index contributed by atoms with van der Waals surface area (Å²) in [6.07, 6.45) is 23.4. The Morgan fingerprint density at radius 2 is 0.786 bits per heavy atom. The van der Waals surface area contributed by atoms with Crippen molar-refractivity contribution in [2.75, 3.05) is 0 Å². The van der Waals surface area contributed by atoms with E-state index >= 15 is 0 Å². The SMILES string of the molecule is CC(C)CCCCCCCCCCCCC(CCCCCCCCCCCCC(C)C)(C(=O)O)C(C(=O)O)S(=O)(=O)O. The van der Waals surface area contributed by atoms with E-state index in [-0.39, 0.29) is 12.8 Å². The van der Waals surface area contributed by atoms with Gasteiger partial charge in [-0.2, -0.15) is 8.42 Å². The molecule has 1 atom stereocenters. The van der Waals surface area contributed by atoms with Crippen molar-refractivity contribution in [3.63, 3.8) is 0 Å². The van der Waals surface area contributed by atoms with Crippen LogP contribution < -0.4 is 0 Å². The molecule has 0 fully saturated rings. The van der Waals surface area contributed by atoms with Crippen molar-refractivity contribution in [1.29, 1.82) is 0 Å². The molecule has 8 heteroatoms. The van der Waals surface area contributed by atoms with Gasteiger partial charge in [0.2, 0.25) is 0 Å². The van der Waals surface area contributed by atoms with Gasteiger partial charge in [0, 0.05) is 0 Å². The van der Waals surface area contributed by atoms with E-state index in [9.17, 15) is 32.8 Å². The molecule has 250 valence electrons. The van der Waals surface area contributed by atoms with E-state index < -0.39 is 32.7 Å². The zero-order chi connectivity index (χ0) is 31.9. The Hall–Kier alpha value is -1.15. The van der Waals surface area contributed by atoms with Gasteiger partial charge in [-0.05, 0) is 24.7 Å². The lowest BCUT2D eigenvalue weighted by Crippen LogP contribution is -2.51. The zero-order valence-corrected chi connectivity index (χ0v) is 28.4. The van der Waals surface area contributed by atoms with Crippen LogP contribution in [-0.2, 0) is 19.7 Å². The van der Waals surface area contributed by atoms with Gasteiger partial charge < -0.3 is 10.2 Å². The first-order valence-corrected chi connectivity index (χ1v) is 18.8. The molecule has 0 aromatic heterocycles. The van der Waals surface area contributed by atoms with Crippen molar-refractivity contribution in [3.05, 3.63) is 0 Å². The van der Waals surface area contributed by atoms with E-state index in [0.717, 1.165) is 63.2 Å². The van der Waals surface area contributed by atoms with Crippen molar-refractivity contribution >= 4 is 22.1 Å². The van der Waals surface area contributed by atoms with Gasteiger partial charge in [0.05, 0.1) is 5.41 Å². The molecule has 0 rings (SSSR count). The highest BCUT2D eigenvalue weighted by Gasteiger charge is 2.55. The number of carboxylic acids is 2. The van der Waals surface area contributed by atoms with Crippen molar-refractivity contribution in [3.8, 4) is 0 Å². The number of carbonyl (C=O) groups is 2. The molecule has 0 aromatic carbocycles. The highest BCUT2D eigenvalue weighted by atomic mass is 32.2. The van der Waals surface area contributed by atoms with Gasteiger partial charge in [-0.1, -0.05) is 169 Å². The van der Waals surface area contributed by atoms with Crippen LogP contribution in [0, 0.1) is 17.3 Å². The predicted octanol–water partition coefficient (Wildman–Crippen LogP) is 10.1. The van der Waals surface area contributed by atoms with E-state index in [1.165, 1.54) is 77.0 Å². The summed E-state index contributed by atoms with van der Waals surface area (Å²) in [7, 11) is -5.09. The first kappa shape index (κ1) is 40.9. The maximum Gasteiger partial charge on any atom is 0.325 e. The van der Waals surface area contributed by atoms with E-state index in [4.69, 9.17) is 0 Å². The van der Waals surface area contributed by atoms with Gasteiger partial charge in [0.15, 0.2) is 5.25 Å². The smallest absolute Gasteiger partial charge is 0.325 e. The Labute approximate surface area is 258 Å². The quantitative estimate of drug-likeness (QED) is 0.0539. The van der Waals surface area contributed by atoms with E-state index in [1.807, 2.05) is 0 Å². The molecule has 1 unspecified atom stereocenters. The number of hydrogen-bond acceptors (Lipinski definition) is 4. The van der Waals surface area contributed by atoms with Crippen molar-refractivity contribution in [2.24, 2.45) is 17.3 Å². The lowest BCUT2D eigenvalue weighted by Gasteiger charge is -2.33. The highest BCUT2D eigenvalue weighted by Crippen LogP contribution is 2.39. The molecule has 0 aliphatic carbocycles. The summed E-state index contributed by atoms with van der Waals surface area (Å²) in [6.45, 7) is 9.02. The van der Waals surface area contributed by atoms with Crippen LogP contribution in [-0.4, -0.2) is 40.4 Å². The lowest BCUT2D eigenvalue weighted by molar-refractivity contribution is -0.156. The molecule has 0 saturated heterocycles. The van der Waals surface area contributed by atoms with E-state index in [2.05, 4.69) is 27.7 Å². The lowest BCUT2D eigenvalue weighted by atomic mass is 9.74. The van der Waals surface area contributed by atoms with E-state index in [1.54, 1.807) is 0 Å². The molecule has 0 bridgehead atoms. The van der Waals surface area contributed by atoms with Gasteiger partial charge in [0.25, 0.3) is 10.1 Å². The van der Waals surface area contributed by atoms with Crippen molar-refractivity contribution in [1.82, 2.24) is 0 Å². The van der Waals surface area contributed by atoms with Crippen LogP contribution in [0.25, 0.3) is 0 Å². The van der Waals surface area contributed by atoms with Crippen LogP contribution in [0.4, 0.5) is 0 Å². The van der Waals surface area contributed by atoms with E-state index in [0.29, 0.717) is 12.8 Å². The molecule has 0 aliphatic heterocycles. The van der Waals surface area contributed by atoms with Gasteiger partial charge >= 0.3 is 11.9 Å². The van der Waals surface area contributed by atoms with Crippen molar-refractivity contribution < 1.29 is 32.8 Å². The van der Waals surface area contributed by atoms with Gasteiger partial charge in [-0.25, -0.2) is 0 Å². The van der Waals surface area contributed by atoms with Gasteiger partial charge in [-0.3, -0.25) is 14.1 Å². The molecule has 42 heavy (non-hydrogen) atoms. The Morgan fingerprint density at radius 3 is 1.00 bits per heavy atom. The maximum absolute atomic E-state index is 12.5. The number of unbranched alkanes of at least 4 members (excludes halogenated alkanes) is 18. The third-order valence-corrected chi connectivity index (χ3v) is 10.0. The summed E-state index contributed by atoms with van der Waals surface area (Å²) in [6, 6.07) is 0. The molecule has 0 saturated carbocycles. The second-order valence-corrected chi connectivity index (χ2v) is 15.1. The Morgan fingerprint density at radius 1 is 0.524 bits per heavy atom. The number of rotatable bonds is 30. The summed E-state index contributed by atoms with van der Waals surface area (Å²) in [5.41, 5.74) is -2.02. The Balaban J connectivity index is 4.61. The predicted molar refractivity (Wildman–Crippen MR) is 174 cm³/mol. The molecule has 0 aromatic rings. The molecule has 0 amide bonds. The molecule has 0 spiro atoms. The summed E-state index contributed by atoms with van der Waals surface area (Å²) < 4.78 is 34.0. The third kappa shape index (κ3) is 19.9. The van der Waals surface area contributed by atoms with Crippen LogP contribution in [0.2, 0.25) is 0 Å². The monoisotopic (exact) mass is 618 g/mol. The van der Waals surface area contributed by atoms with Gasteiger partial charge in [0.1, 0.15) is 0 Å². The minimum Gasteiger partial charge on any atom is -0.481 e. The molecule has 3 N–H and O–H groups in total. The minimum atomic E-state index is -5.09. The summed E-state index contributed by atoms with van der Waals surface area (Å²) in [5, 5.41) is 17.5. The van der Waals surface area contributed by atoms with Gasteiger partial charge in [-0.15, -0.1) is 0 Å². The molecular formula is C34H66O7S. The maximum atomic E-state index is 12.5. The fourth-order valence-electron chi connectivity index (χ4n) is 6.18. The topological polar surface area (TPSA) is 129 Å². The zero-order valence-electron chi connectivity index (χ0n) is 27.6. The average molecular weight is 619 g/mol. The summed E-state index contributed by atoms with van der Waals surface area (Å²) in [5.74, 6) is -1.70. The first-order chi connectivity index (χ1) is 19.8. The van der Waals surface area contributed by atoms with Crippen LogP contribution in [0.15, 0.2) is 0 Å². The number of carboxylic acid groups (broad SMARTS) is 2. The van der Waals surface area contributed by atoms with Crippen LogP contribution >= 0.6 is 0 Å². The Kier molecular flexibility index (Phi) is 23.5. The number of aliphatic carboxylic acids is 2. The molecular weight excluding hydrogens is 552 g/mol. The second-order valence-electron chi connectivity index (χ2n) is 13.6. The normalized spacial score (nSPS) is 13.2. The molecule has 7 nitrogen and oxygen atoms in total. The number of hydrogen-bond donors (Lipinski definition) is 3. The Bertz CT molecular complexity index is 760. The van der Waals surface area contributed by atoms with Crippen LogP contribution in [0.3, 0.4) is 0 Å². The molecule has 0 radical (unpaired) electrons. The minimum absolute atomic E-state index is 0.0637. The third-order valence-electron chi connectivity index (χ3n) is 8.76. The molecule has 0 aliphatic rings. The molecule has 0 heterocycles. The largest absolute Gasteiger partial charge is 0.481 e.